The molecule has 3 heteroatoms. The molecule has 17 heavy (non-hydrogen) atoms. The third-order valence-corrected chi connectivity index (χ3v) is 5.50. The summed E-state index contributed by atoms with van der Waals surface area (Å²) in [6.07, 6.45) is 10.5. The molecular weight excluding hydrogens is 253 g/mol. The molecule has 0 aromatic carbocycles. The van der Waals surface area contributed by atoms with Crippen LogP contribution in [0, 0.1) is 17.2 Å². The minimum absolute atomic E-state index is 0.186. The predicted molar refractivity (Wildman–Crippen MR) is 70.1 cm³/mol. The lowest BCUT2D eigenvalue weighted by Crippen LogP contribution is -2.48. The van der Waals surface area contributed by atoms with E-state index in [-0.39, 0.29) is 5.92 Å². The van der Waals surface area contributed by atoms with Crippen molar-refractivity contribution in [3.05, 3.63) is 23.3 Å². The highest BCUT2D eigenvalue weighted by molar-refractivity contribution is 6.32. The predicted octanol–water partition coefficient (Wildman–Crippen LogP) is 4.32. The number of nitriles is 1. The van der Waals surface area contributed by atoms with Crippen LogP contribution in [-0.4, -0.2) is 9.75 Å². The molecule has 90 valence electrons. The Kier molecular flexibility index (Phi) is 2.58. The number of fused-ring (bicyclic) bond motifs is 1. The van der Waals surface area contributed by atoms with Crippen LogP contribution in [0.4, 0.5) is 0 Å². The Balaban J connectivity index is 2.12. The Bertz CT molecular complexity index is 431. The van der Waals surface area contributed by atoms with Gasteiger partial charge < -0.3 is 0 Å². The normalized spacial score (nSPS) is 44.2. The molecule has 0 spiro atoms. The fourth-order valence-corrected chi connectivity index (χ4v) is 4.25. The van der Waals surface area contributed by atoms with Gasteiger partial charge >= 0.3 is 0 Å². The number of allylic oxidation sites excluding steroid dienone is 4. The maximum Gasteiger partial charge on any atom is 0.0971 e. The highest BCUT2D eigenvalue weighted by Crippen LogP contribution is 2.57. The van der Waals surface area contributed by atoms with Gasteiger partial charge in [-0.2, -0.15) is 5.26 Å². The Morgan fingerprint density at radius 2 is 1.71 bits per heavy atom. The summed E-state index contributed by atoms with van der Waals surface area (Å²) in [6.45, 7) is 0. The number of nitrogens with zero attached hydrogens (tertiary/aromatic N) is 1. The zero-order chi connectivity index (χ0) is 12.1. The standard InChI is InChI=1S/C14H15Cl2N/c15-13-6-10-4-2-1-3-5-11(7-13)14(10,16)8-12(13)9-17/h6-7,12H,1-5,8H2/t12-,13?,14?/m0/s1. The fraction of sp³-hybridized carbons (Fsp3) is 0.643. The number of rotatable bonds is 0. The van der Waals surface area contributed by atoms with Crippen LogP contribution in [0.5, 0.6) is 0 Å². The first kappa shape index (κ1) is 11.6. The van der Waals surface area contributed by atoms with Crippen molar-refractivity contribution < 1.29 is 0 Å². The molecule has 0 N–H and O–H groups in total. The van der Waals surface area contributed by atoms with Crippen molar-refractivity contribution >= 4 is 23.2 Å². The number of hydrogen-bond acceptors (Lipinski definition) is 1. The summed E-state index contributed by atoms with van der Waals surface area (Å²) in [6, 6.07) is 2.32. The molecule has 0 aliphatic heterocycles. The minimum Gasteiger partial charge on any atom is -0.198 e. The molecule has 1 saturated carbocycles. The lowest BCUT2D eigenvalue weighted by Gasteiger charge is -2.49. The quantitative estimate of drug-likeness (QED) is 0.474. The van der Waals surface area contributed by atoms with Gasteiger partial charge in [-0.1, -0.05) is 18.6 Å². The van der Waals surface area contributed by atoms with Gasteiger partial charge in [0.25, 0.3) is 0 Å². The highest BCUT2D eigenvalue weighted by atomic mass is 35.5. The van der Waals surface area contributed by atoms with Crippen molar-refractivity contribution in [2.24, 2.45) is 5.92 Å². The second kappa shape index (κ2) is 3.77. The topological polar surface area (TPSA) is 23.8 Å². The summed E-state index contributed by atoms with van der Waals surface area (Å²) in [7, 11) is 0. The first-order valence-electron chi connectivity index (χ1n) is 6.30. The van der Waals surface area contributed by atoms with Crippen LogP contribution in [0.15, 0.2) is 23.3 Å². The second-order valence-corrected chi connectivity index (χ2v) is 6.71. The first-order chi connectivity index (χ1) is 8.08. The van der Waals surface area contributed by atoms with E-state index in [1.165, 1.54) is 30.4 Å². The van der Waals surface area contributed by atoms with Gasteiger partial charge in [0, 0.05) is 0 Å². The summed E-state index contributed by atoms with van der Waals surface area (Å²) in [5, 5.41) is 9.23. The zero-order valence-corrected chi connectivity index (χ0v) is 11.2. The zero-order valence-electron chi connectivity index (χ0n) is 9.68. The van der Waals surface area contributed by atoms with Crippen LogP contribution < -0.4 is 0 Å². The Labute approximate surface area is 112 Å². The van der Waals surface area contributed by atoms with Gasteiger partial charge in [-0.05, 0) is 43.3 Å². The van der Waals surface area contributed by atoms with E-state index in [9.17, 15) is 5.26 Å². The monoisotopic (exact) mass is 267 g/mol. The van der Waals surface area contributed by atoms with E-state index >= 15 is 0 Å². The molecule has 0 aromatic rings. The van der Waals surface area contributed by atoms with Gasteiger partial charge in [-0.25, -0.2) is 0 Å². The van der Waals surface area contributed by atoms with Crippen LogP contribution in [0.2, 0.25) is 0 Å². The van der Waals surface area contributed by atoms with Gasteiger partial charge in [0.2, 0.25) is 0 Å². The minimum atomic E-state index is -0.590. The average Bonchev–Trinajstić information content (AvgIpc) is 2.30. The van der Waals surface area contributed by atoms with E-state index in [0.29, 0.717) is 6.42 Å². The van der Waals surface area contributed by atoms with E-state index < -0.39 is 9.75 Å². The van der Waals surface area contributed by atoms with Gasteiger partial charge in [-0.15, -0.1) is 23.2 Å². The molecular formula is C14H15Cl2N. The van der Waals surface area contributed by atoms with E-state index in [4.69, 9.17) is 23.2 Å². The molecule has 0 heterocycles. The molecule has 4 aliphatic carbocycles. The molecule has 0 radical (unpaired) electrons. The third-order valence-electron chi connectivity index (χ3n) is 4.38. The van der Waals surface area contributed by atoms with Gasteiger partial charge in [0.05, 0.1) is 21.7 Å². The third kappa shape index (κ3) is 1.58. The van der Waals surface area contributed by atoms with Crippen LogP contribution in [0.3, 0.4) is 0 Å². The average molecular weight is 268 g/mol. The van der Waals surface area contributed by atoms with Crippen LogP contribution in [-0.2, 0) is 0 Å². The number of alkyl halides is 2. The molecule has 0 saturated heterocycles. The number of hydrogen-bond donors (Lipinski definition) is 0. The van der Waals surface area contributed by atoms with Gasteiger partial charge in [0.15, 0.2) is 0 Å². The fourth-order valence-electron chi connectivity index (χ4n) is 3.40. The second-order valence-electron chi connectivity index (χ2n) is 5.41. The van der Waals surface area contributed by atoms with Crippen LogP contribution in [0.1, 0.15) is 38.5 Å². The maximum atomic E-state index is 9.23. The lowest BCUT2D eigenvalue weighted by atomic mass is 9.63. The molecule has 0 amide bonds. The molecule has 0 unspecified atom stereocenters. The van der Waals surface area contributed by atoms with Crippen molar-refractivity contribution in [2.75, 3.05) is 0 Å². The number of halogens is 2. The molecule has 4 aliphatic rings. The van der Waals surface area contributed by atoms with E-state index in [0.717, 1.165) is 12.8 Å². The van der Waals surface area contributed by atoms with Crippen LogP contribution in [0.25, 0.3) is 0 Å². The van der Waals surface area contributed by atoms with E-state index in [1.807, 2.05) is 0 Å². The Hall–Kier alpha value is -0.450. The largest absolute Gasteiger partial charge is 0.198 e. The summed E-state index contributed by atoms with van der Waals surface area (Å²) in [5.41, 5.74) is 2.52. The smallest absolute Gasteiger partial charge is 0.0971 e. The SMILES string of the molecule is N#C[C@@H]1CC2(Cl)C3=CC1(Cl)C=C2CCCCC3. The molecule has 1 atom stereocenters. The molecule has 4 rings (SSSR count). The highest BCUT2D eigenvalue weighted by Gasteiger charge is 2.53. The lowest BCUT2D eigenvalue weighted by molar-refractivity contribution is 0.405. The van der Waals surface area contributed by atoms with E-state index in [1.54, 1.807) is 0 Å². The Morgan fingerprint density at radius 1 is 1.12 bits per heavy atom. The van der Waals surface area contributed by atoms with E-state index in [2.05, 4.69) is 18.2 Å². The summed E-state index contributed by atoms with van der Waals surface area (Å²) < 4.78 is 0. The van der Waals surface area contributed by atoms with Crippen molar-refractivity contribution in [3.63, 3.8) is 0 Å². The summed E-state index contributed by atoms with van der Waals surface area (Å²) in [4.78, 5) is -0.981. The summed E-state index contributed by atoms with van der Waals surface area (Å²) >= 11 is 13.5. The van der Waals surface area contributed by atoms with Crippen LogP contribution >= 0.6 is 23.2 Å². The van der Waals surface area contributed by atoms with Crippen molar-refractivity contribution in [3.8, 4) is 6.07 Å². The molecule has 1 nitrogen and oxygen atoms in total. The maximum absolute atomic E-state index is 9.23. The van der Waals surface area contributed by atoms with Gasteiger partial charge in [0.1, 0.15) is 0 Å². The molecule has 4 bridgehead atoms. The van der Waals surface area contributed by atoms with Gasteiger partial charge in [-0.3, -0.25) is 0 Å². The summed E-state index contributed by atoms with van der Waals surface area (Å²) in [5.74, 6) is -0.186. The van der Waals surface area contributed by atoms with Crippen molar-refractivity contribution in [2.45, 2.75) is 48.3 Å². The van der Waals surface area contributed by atoms with Crippen molar-refractivity contribution in [1.82, 2.24) is 0 Å². The first-order valence-corrected chi connectivity index (χ1v) is 7.06. The Morgan fingerprint density at radius 3 is 2.24 bits per heavy atom. The molecule has 1 fully saturated rings. The molecule has 0 aromatic heterocycles. The van der Waals surface area contributed by atoms with Crippen molar-refractivity contribution in [1.29, 1.82) is 5.26 Å².